The fourth-order valence-corrected chi connectivity index (χ4v) is 1.84. The maximum Gasteiger partial charge on any atom is 0.152 e. The van der Waals surface area contributed by atoms with Gasteiger partial charge >= 0.3 is 0 Å². The standard InChI is InChI=1S/C11H13ClN2O/c1-2-9(14-13)10-6-7-4-3-5-8(12)11(7)15-10/h3-6,9,14H,2,13H2,1H3. The molecule has 1 aromatic heterocycles. The Kier molecular flexibility index (Phi) is 2.95. The maximum absolute atomic E-state index is 6.02. The minimum Gasteiger partial charge on any atom is -0.458 e. The monoisotopic (exact) mass is 224 g/mol. The number of furan rings is 1. The molecule has 0 fully saturated rings. The number of rotatable bonds is 3. The largest absolute Gasteiger partial charge is 0.458 e. The molecule has 15 heavy (non-hydrogen) atoms. The van der Waals surface area contributed by atoms with Gasteiger partial charge in [0.05, 0.1) is 11.1 Å². The molecule has 0 saturated heterocycles. The minimum absolute atomic E-state index is 0.0356. The van der Waals surface area contributed by atoms with E-state index >= 15 is 0 Å². The summed E-state index contributed by atoms with van der Waals surface area (Å²) < 4.78 is 5.67. The quantitative estimate of drug-likeness (QED) is 0.623. The predicted octanol–water partition coefficient (Wildman–Crippen LogP) is 3.00. The molecular weight excluding hydrogens is 212 g/mol. The first-order valence-corrected chi connectivity index (χ1v) is 5.28. The summed E-state index contributed by atoms with van der Waals surface area (Å²) in [6.45, 7) is 2.04. The lowest BCUT2D eigenvalue weighted by atomic mass is 10.1. The number of hydrogen-bond acceptors (Lipinski definition) is 3. The van der Waals surface area contributed by atoms with E-state index in [4.69, 9.17) is 21.9 Å². The third kappa shape index (κ3) is 1.86. The molecule has 1 aromatic carbocycles. The van der Waals surface area contributed by atoms with Gasteiger partial charge in [-0.1, -0.05) is 30.7 Å². The molecule has 0 aliphatic heterocycles. The highest BCUT2D eigenvalue weighted by Gasteiger charge is 2.13. The van der Waals surface area contributed by atoms with E-state index in [1.54, 1.807) is 0 Å². The van der Waals surface area contributed by atoms with Crippen LogP contribution in [0, 0.1) is 0 Å². The van der Waals surface area contributed by atoms with Crippen molar-refractivity contribution < 1.29 is 4.42 Å². The molecule has 0 spiro atoms. The number of benzene rings is 1. The first-order chi connectivity index (χ1) is 7.26. The fourth-order valence-electron chi connectivity index (χ4n) is 1.62. The zero-order chi connectivity index (χ0) is 10.8. The molecule has 1 atom stereocenters. The molecule has 0 bridgehead atoms. The summed E-state index contributed by atoms with van der Waals surface area (Å²) >= 11 is 6.02. The molecular formula is C11H13ClN2O. The van der Waals surface area contributed by atoms with Crippen LogP contribution in [-0.2, 0) is 0 Å². The second kappa shape index (κ2) is 4.23. The van der Waals surface area contributed by atoms with Gasteiger partial charge in [0, 0.05) is 5.39 Å². The number of hydrogen-bond donors (Lipinski definition) is 2. The highest BCUT2D eigenvalue weighted by Crippen LogP contribution is 2.29. The van der Waals surface area contributed by atoms with Crippen molar-refractivity contribution in [3.63, 3.8) is 0 Å². The van der Waals surface area contributed by atoms with Crippen LogP contribution >= 0.6 is 11.6 Å². The number of halogens is 1. The van der Waals surface area contributed by atoms with Crippen molar-refractivity contribution in [1.29, 1.82) is 0 Å². The lowest BCUT2D eigenvalue weighted by molar-refractivity contribution is 0.428. The minimum atomic E-state index is 0.0356. The molecule has 0 amide bonds. The Labute approximate surface area is 93.2 Å². The highest BCUT2D eigenvalue weighted by atomic mass is 35.5. The summed E-state index contributed by atoms with van der Waals surface area (Å²) in [6.07, 6.45) is 0.869. The predicted molar refractivity (Wildman–Crippen MR) is 61.6 cm³/mol. The van der Waals surface area contributed by atoms with Crippen LogP contribution in [0.3, 0.4) is 0 Å². The average Bonchev–Trinajstić information content (AvgIpc) is 2.65. The van der Waals surface area contributed by atoms with E-state index in [2.05, 4.69) is 5.43 Å². The Hall–Kier alpha value is -1.03. The summed E-state index contributed by atoms with van der Waals surface area (Å²) in [5, 5.41) is 1.64. The summed E-state index contributed by atoms with van der Waals surface area (Å²) in [4.78, 5) is 0. The lowest BCUT2D eigenvalue weighted by Crippen LogP contribution is -2.26. The van der Waals surface area contributed by atoms with Crippen LogP contribution in [0.5, 0.6) is 0 Å². The summed E-state index contributed by atoms with van der Waals surface area (Å²) in [6, 6.07) is 7.69. The van der Waals surface area contributed by atoms with Crippen molar-refractivity contribution >= 4 is 22.6 Å². The van der Waals surface area contributed by atoms with Crippen molar-refractivity contribution in [2.24, 2.45) is 5.84 Å². The highest BCUT2D eigenvalue weighted by molar-refractivity contribution is 6.34. The van der Waals surface area contributed by atoms with E-state index in [0.717, 1.165) is 23.2 Å². The van der Waals surface area contributed by atoms with Gasteiger partial charge in [-0.15, -0.1) is 0 Å². The van der Waals surface area contributed by atoms with Crippen LogP contribution in [0.25, 0.3) is 11.0 Å². The summed E-state index contributed by atoms with van der Waals surface area (Å²) in [5.74, 6) is 6.25. The topological polar surface area (TPSA) is 51.2 Å². The fraction of sp³-hybridized carbons (Fsp3) is 0.273. The molecule has 80 valence electrons. The molecule has 0 radical (unpaired) electrons. The van der Waals surface area contributed by atoms with Crippen molar-refractivity contribution in [2.75, 3.05) is 0 Å². The molecule has 2 rings (SSSR count). The smallest absolute Gasteiger partial charge is 0.152 e. The molecule has 1 unspecified atom stereocenters. The number of nitrogens with two attached hydrogens (primary N) is 1. The van der Waals surface area contributed by atoms with E-state index in [1.807, 2.05) is 31.2 Å². The number of nitrogens with one attached hydrogen (secondary N) is 1. The van der Waals surface area contributed by atoms with Gasteiger partial charge in [-0.3, -0.25) is 5.84 Å². The van der Waals surface area contributed by atoms with Crippen molar-refractivity contribution in [2.45, 2.75) is 19.4 Å². The Bertz CT molecular complexity index is 463. The van der Waals surface area contributed by atoms with Crippen LogP contribution in [0.2, 0.25) is 5.02 Å². The zero-order valence-corrected chi connectivity index (χ0v) is 9.21. The van der Waals surface area contributed by atoms with Gasteiger partial charge in [-0.05, 0) is 18.6 Å². The molecule has 3 N–H and O–H groups in total. The van der Waals surface area contributed by atoms with Gasteiger partial charge < -0.3 is 4.42 Å². The number of para-hydroxylation sites is 1. The van der Waals surface area contributed by atoms with Crippen LogP contribution in [0.1, 0.15) is 25.1 Å². The summed E-state index contributed by atoms with van der Waals surface area (Å²) in [5.41, 5.74) is 3.44. The second-order valence-electron chi connectivity index (χ2n) is 3.43. The molecule has 0 saturated carbocycles. The normalized spacial score (nSPS) is 13.3. The number of fused-ring (bicyclic) bond motifs is 1. The van der Waals surface area contributed by atoms with Crippen LogP contribution in [0.4, 0.5) is 0 Å². The Morgan fingerprint density at radius 3 is 2.93 bits per heavy atom. The van der Waals surface area contributed by atoms with Gasteiger partial charge in [0.15, 0.2) is 5.58 Å². The number of hydrazine groups is 1. The molecule has 0 aliphatic carbocycles. The molecule has 2 aromatic rings. The lowest BCUT2D eigenvalue weighted by Gasteiger charge is -2.08. The van der Waals surface area contributed by atoms with Gasteiger partial charge in [0.1, 0.15) is 5.76 Å². The second-order valence-corrected chi connectivity index (χ2v) is 3.84. The van der Waals surface area contributed by atoms with Crippen LogP contribution in [0.15, 0.2) is 28.7 Å². The molecule has 1 heterocycles. The van der Waals surface area contributed by atoms with Crippen molar-refractivity contribution in [3.8, 4) is 0 Å². The molecule has 0 aliphatic rings. The third-order valence-electron chi connectivity index (χ3n) is 2.47. The molecule has 3 nitrogen and oxygen atoms in total. The van der Waals surface area contributed by atoms with E-state index in [9.17, 15) is 0 Å². The van der Waals surface area contributed by atoms with Gasteiger partial charge in [0.2, 0.25) is 0 Å². The molecule has 4 heteroatoms. The first kappa shape index (κ1) is 10.5. The maximum atomic E-state index is 6.02. The van der Waals surface area contributed by atoms with Crippen molar-refractivity contribution in [1.82, 2.24) is 5.43 Å². The third-order valence-corrected chi connectivity index (χ3v) is 2.77. The first-order valence-electron chi connectivity index (χ1n) is 4.90. The Morgan fingerprint density at radius 2 is 2.33 bits per heavy atom. The summed E-state index contributed by atoms with van der Waals surface area (Å²) in [7, 11) is 0. The van der Waals surface area contributed by atoms with E-state index in [1.165, 1.54) is 0 Å². The van der Waals surface area contributed by atoms with Crippen LogP contribution in [-0.4, -0.2) is 0 Å². The average molecular weight is 225 g/mol. The van der Waals surface area contributed by atoms with Crippen LogP contribution < -0.4 is 11.3 Å². The Morgan fingerprint density at radius 1 is 1.53 bits per heavy atom. The van der Waals surface area contributed by atoms with E-state index in [0.29, 0.717) is 5.02 Å². The van der Waals surface area contributed by atoms with Gasteiger partial charge in [-0.2, -0.15) is 0 Å². The Balaban J connectivity index is 2.51. The SMILES string of the molecule is CCC(NN)c1cc2cccc(Cl)c2o1. The van der Waals surface area contributed by atoms with E-state index in [-0.39, 0.29) is 6.04 Å². The van der Waals surface area contributed by atoms with Gasteiger partial charge in [-0.25, -0.2) is 5.43 Å². The van der Waals surface area contributed by atoms with E-state index < -0.39 is 0 Å². The zero-order valence-electron chi connectivity index (χ0n) is 8.46. The van der Waals surface area contributed by atoms with Gasteiger partial charge in [0.25, 0.3) is 0 Å². The van der Waals surface area contributed by atoms with Crippen molar-refractivity contribution in [3.05, 3.63) is 35.0 Å².